The minimum atomic E-state index is -0.339. The van der Waals surface area contributed by atoms with E-state index in [1.54, 1.807) is 0 Å². The van der Waals surface area contributed by atoms with Crippen LogP contribution in [0.2, 0.25) is 0 Å². The van der Waals surface area contributed by atoms with Gasteiger partial charge < -0.3 is 5.32 Å². The fraction of sp³-hybridized carbons (Fsp3) is 0.833. The van der Waals surface area contributed by atoms with E-state index < -0.39 is 0 Å². The quantitative estimate of drug-likeness (QED) is 0.739. The molecule has 0 saturated heterocycles. The van der Waals surface area contributed by atoms with Crippen molar-refractivity contribution in [3.05, 3.63) is 0 Å². The number of likely N-dealkylation sites (N-methyl/N-ethyl adjacent to an activating group) is 2. The summed E-state index contributed by atoms with van der Waals surface area (Å²) in [6.07, 6.45) is 0. The molecule has 0 aliphatic heterocycles. The van der Waals surface area contributed by atoms with Gasteiger partial charge in [-0.3, -0.25) is 14.5 Å². The molecule has 1 amide bonds. The molecule has 94 valence electrons. The molecule has 0 unspecified atom stereocenters. The Morgan fingerprint density at radius 2 is 1.69 bits per heavy atom. The van der Waals surface area contributed by atoms with Gasteiger partial charge in [0.25, 0.3) is 0 Å². The van der Waals surface area contributed by atoms with Crippen LogP contribution in [0.15, 0.2) is 0 Å². The molecule has 0 heterocycles. The Kier molecular flexibility index (Phi) is 6.26. The molecule has 0 aromatic carbocycles. The molecule has 0 rings (SSSR count). The molecule has 0 fully saturated rings. The monoisotopic (exact) mass is 228 g/mol. The van der Waals surface area contributed by atoms with E-state index in [0.29, 0.717) is 26.2 Å². The number of carbonyl (C=O) groups is 2. The van der Waals surface area contributed by atoms with Gasteiger partial charge in [0, 0.05) is 12.0 Å². The standard InChI is InChI=1S/C12H24N2O2/c1-6-13-11(16)9-14(7-2)8-10(15)12(3,4)5/h6-9H2,1-5H3,(H,13,16). The van der Waals surface area contributed by atoms with Gasteiger partial charge in [0.15, 0.2) is 5.78 Å². The van der Waals surface area contributed by atoms with Gasteiger partial charge in [-0.1, -0.05) is 27.7 Å². The van der Waals surface area contributed by atoms with E-state index in [9.17, 15) is 9.59 Å². The molecule has 1 N–H and O–H groups in total. The van der Waals surface area contributed by atoms with E-state index in [0.717, 1.165) is 0 Å². The van der Waals surface area contributed by atoms with Gasteiger partial charge >= 0.3 is 0 Å². The van der Waals surface area contributed by atoms with Crippen molar-refractivity contribution in [3.63, 3.8) is 0 Å². The van der Waals surface area contributed by atoms with E-state index in [-0.39, 0.29) is 17.1 Å². The van der Waals surface area contributed by atoms with Crippen LogP contribution in [0.4, 0.5) is 0 Å². The minimum Gasteiger partial charge on any atom is -0.355 e. The van der Waals surface area contributed by atoms with Crippen molar-refractivity contribution >= 4 is 11.7 Å². The SMILES string of the molecule is CCNC(=O)CN(CC)CC(=O)C(C)(C)C. The van der Waals surface area contributed by atoms with Crippen LogP contribution in [-0.4, -0.2) is 42.8 Å². The second kappa shape index (κ2) is 6.63. The summed E-state index contributed by atoms with van der Waals surface area (Å²) in [6.45, 7) is 11.5. The zero-order valence-electron chi connectivity index (χ0n) is 11.1. The molecular weight excluding hydrogens is 204 g/mol. The maximum atomic E-state index is 11.8. The van der Waals surface area contributed by atoms with Crippen molar-refractivity contribution in [2.45, 2.75) is 34.6 Å². The normalized spacial score (nSPS) is 11.6. The van der Waals surface area contributed by atoms with Gasteiger partial charge in [0.2, 0.25) is 5.91 Å². The number of rotatable bonds is 6. The molecule has 0 aromatic rings. The molecule has 0 spiro atoms. The summed E-state index contributed by atoms with van der Waals surface area (Å²) in [5.41, 5.74) is -0.339. The van der Waals surface area contributed by atoms with Crippen LogP contribution in [0.3, 0.4) is 0 Å². The number of ketones is 1. The lowest BCUT2D eigenvalue weighted by atomic mass is 9.90. The lowest BCUT2D eigenvalue weighted by Crippen LogP contribution is -2.42. The highest BCUT2D eigenvalue weighted by Crippen LogP contribution is 2.14. The lowest BCUT2D eigenvalue weighted by molar-refractivity contribution is -0.128. The van der Waals surface area contributed by atoms with Crippen LogP contribution in [0.25, 0.3) is 0 Å². The third-order valence-electron chi connectivity index (χ3n) is 2.39. The van der Waals surface area contributed by atoms with Crippen LogP contribution in [-0.2, 0) is 9.59 Å². The van der Waals surface area contributed by atoms with Gasteiger partial charge in [0.1, 0.15) is 0 Å². The van der Waals surface area contributed by atoms with E-state index in [2.05, 4.69) is 5.32 Å². The second-order valence-electron chi connectivity index (χ2n) is 4.93. The average molecular weight is 228 g/mol. The molecule has 16 heavy (non-hydrogen) atoms. The Morgan fingerprint density at radius 3 is 2.06 bits per heavy atom. The Labute approximate surface area is 98.4 Å². The first-order chi connectivity index (χ1) is 7.31. The number of hydrogen-bond donors (Lipinski definition) is 1. The van der Waals surface area contributed by atoms with Gasteiger partial charge in [0.05, 0.1) is 13.1 Å². The van der Waals surface area contributed by atoms with Crippen LogP contribution in [0, 0.1) is 5.41 Å². The smallest absolute Gasteiger partial charge is 0.234 e. The minimum absolute atomic E-state index is 0.0222. The number of nitrogens with one attached hydrogen (secondary N) is 1. The maximum absolute atomic E-state index is 11.8. The molecule has 0 saturated carbocycles. The number of hydrogen-bond acceptors (Lipinski definition) is 3. The molecule has 0 radical (unpaired) electrons. The molecule has 0 aliphatic carbocycles. The highest BCUT2D eigenvalue weighted by Gasteiger charge is 2.23. The van der Waals surface area contributed by atoms with Gasteiger partial charge in [-0.15, -0.1) is 0 Å². The van der Waals surface area contributed by atoms with Crippen LogP contribution in [0.5, 0.6) is 0 Å². The van der Waals surface area contributed by atoms with E-state index in [1.807, 2.05) is 39.5 Å². The van der Waals surface area contributed by atoms with Crippen LogP contribution < -0.4 is 5.32 Å². The molecule has 0 atom stereocenters. The fourth-order valence-corrected chi connectivity index (χ4v) is 1.18. The number of nitrogens with zero attached hydrogens (tertiary/aromatic N) is 1. The van der Waals surface area contributed by atoms with Gasteiger partial charge in [-0.05, 0) is 13.5 Å². The van der Waals surface area contributed by atoms with Gasteiger partial charge in [-0.25, -0.2) is 0 Å². The third-order valence-corrected chi connectivity index (χ3v) is 2.39. The van der Waals surface area contributed by atoms with Crippen molar-refractivity contribution in [2.75, 3.05) is 26.2 Å². The predicted molar refractivity (Wildman–Crippen MR) is 65.3 cm³/mol. The predicted octanol–water partition coefficient (Wildman–Crippen LogP) is 1.06. The number of Topliss-reactive ketones (excluding diaryl/α,β-unsaturated/α-hetero) is 1. The highest BCUT2D eigenvalue weighted by molar-refractivity contribution is 5.86. The fourth-order valence-electron chi connectivity index (χ4n) is 1.18. The van der Waals surface area contributed by atoms with Crippen molar-refractivity contribution in [1.82, 2.24) is 10.2 Å². The summed E-state index contributed by atoms with van der Waals surface area (Å²) in [5, 5.41) is 2.73. The third kappa shape index (κ3) is 5.85. The lowest BCUT2D eigenvalue weighted by Gasteiger charge is -2.24. The molecule has 0 aliphatic rings. The first-order valence-corrected chi connectivity index (χ1v) is 5.83. The molecule has 4 heteroatoms. The van der Waals surface area contributed by atoms with Crippen molar-refractivity contribution in [3.8, 4) is 0 Å². The Bertz CT molecular complexity index is 244. The number of carbonyl (C=O) groups excluding carboxylic acids is 2. The Morgan fingerprint density at radius 1 is 1.12 bits per heavy atom. The Hall–Kier alpha value is -0.900. The van der Waals surface area contributed by atoms with Gasteiger partial charge in [-0.2, -0.15) is 0 Å². The summed E-state index contributed by atoms with van der Waals surface area (Å²) in [5.74, 6) is 0.143. The molecule has 4 nitrogen and oxygen atoms in total. The van der Waals surface area contributed by atoms with E-state index in [1.165, 1.54) is 0 Å². The van der Waals surface area contributed by atoms with E-state index in [4.69, 9.17) is 0 Å². The van der Waals surface area contributed by atoms with Crippen LogP contribution >= 0.6 is 0 Å². The molecular formula is C12H24N2O2. The van der Waals surface area contributed by atoms with Crippen molar-refractivity contribution in [1.29, 1.82) is 0 Å². The summed E-state index contributed by atoms with van der Waals surface area (Å²) >= 11 is 0. The summed E-state index contributed by atoms with van der Waals surface area (Å²) in [4.78, 5) is 25.0. The topological polar surface area (TPSA) is 49.4 Å². The zero-order valence-corrected chi connectivity index (χ0v) is 11.1. The first kappa shape index (κ1) is 15.1. The molecule has 0 aromatic heterocycles. The second-order valence-corrected chi connectivity index (χ2v) is 4.93. The summed E-state index contributed by atoms with van der Waals surface area (Å²) in [7, 11) is 0. The average Bonchev–Trinajstić information content (AvgIpc) is 2.15. The summed E-state index contributed by atoms with van der Waals surface area (Å²) < 4.78 is 0. The molecule has 0 bridgehead atoms. The van der Waals surface area contributed by atoms with E-state index >= 15 is 0 Å². The van der Waals surface area contributed by atoms with Crippen molar-refractivity contribution < 1.29 is 9.59 Å². The maximum Gasteiger partial charge on any atom is 0.234 e. The summed E-state index contributed by atoms with van der Waals surface area (Å²) in [6, 6.07) is 0. The zero-order chi connectivity index (χ0) is 12.8. The Balaban J connectivity index is 4.21. The van der Waals surface area contributed by atoms with Crippen molar-refractivity contribution in [2.24, 2.45) is 5.41 Å². The van der Waals surface area contributed by atoms with Crippen LogP contribution in [0.1, 0.15) is 34.6 Å². The number of amides is 1. The largest absolute Gasteiger partial charge is 0.355 e. The highest BCUT2D eigenvalue weighted by atomic mass is 16.2. The first-order valence-electron chi connectivity index (χ1n) is 5.83.